The van der Waals surface area contributed by atoms with Crippen LogP contribution in [0, 0.1) is 11.3 Å². The number of aliphatic hydroxyl groups excluding tert-OH is 2. The lowest BCUT2D eigenvalue weighted by molar-refractivity contribution is -0.0643. The second kappa shape index (κ2) is 13.6. The van der Waals surface area contributed by atoms with Crippen molar-refractivity contribution in [2.24, 2.45) is 0 Å². The van der Waals surface area contributed by atoms with Crippen molar-refractivity contribution in [2.75, 3.05) is 26.9 Å². The van der Waals surface area contributed by atoms with Gasteiger partial charge in [-0.2, -0.15) is 5.26 Å². The molecule has 42 heavy (non-hydrogen) atoms. The van der Waals surface area contributed by atoms with Crippen LogP contribution in [0.25, 0.3) is 0 Å². The zero-order valence-corrected chi connectivity index (χ0v) is 23.5. The van der Waals surface area contributed by atoms with Gasteiger partial charge in [-0.1, -0.05) is 0 Å². The Morgan fingerprint density at radius 3 is 2.19 bits per heavy atom. The summed E-state index contributed by atoms with van der Waals surface area (Å²) < 4.78 is 50.9. The first-order valence-corrected chi connectivity index (χ1v) is 14.9. The molecule has 2 saturated heterocycles. The van der Waals surface area contributed by atoms with Crippen molar-refractivity contribution in [2.45, 2.75) is 55.6 Å². The van der Waals surface area contributed by atoms with Crippen LogP contribution in [-0.4, -0.2) is 92.9 Å². The predicted molar refractivity (Wildman–Crippen MR) is 141 cm³/mol. The van der Waals surface area contributed by atoms with Crippen LogP contribution in [0.3, 0.4) is 0 Å². The van der Waals surface area contributed by atoms with Gasteiger partial charge in [-0.3, -0.25) is 33.2 Å². The van der Waals surface area contributed by atoms with Gasteiger partial charge < -0.3 is 33.5 Å². The number of rotatable bonds is 12. The summed E-state index contributed by atoms with van der Waals surface area (Å²) in [6, 6.07) is 3.90. The SMILES string of the molecule is COC1[C@@H](O)[C@@H](COP(=S)(OCCC#N)OC2C(F)[C@H](n3ccc(=O)[nH]c3=O)O[C@@H]2CO)O[C@H]1n1ccc(=O)[nH]c1=O. The highest BCUT2D eigenvalue weighted by atomic mass is 32.5. The number of nitrogens with one attached hydrogen (secondary N) is 2. The highest BCUT2D eigenvalue weighted by Gasteiger charge is 2.51. The van der Waals surface area contributed by atoms with Gasteiger partial charge in [-0.05, 0) is 11.8 Å². The van der Waals surface area contributed by atoms with E-state index >= 15 is 4.39 Å². The minimum Gasteiger partial charge on any atom is -0.394 e. The Morgan fingerprint density at radius 1 is 1.05 bits per heavy atom. The van der Waals surface area contributed by atoms with E-state index in [0.717, 1.165) is 33.7 Å². The van der Waals surface area contributed by atoms with E-state index in [1.54, 1.807) is 0 Å². The molecule has 0 spiro atoms. The van der Waals surface area contributed by atoms with E-state index in [1.165, 1.54) is 7.11 Å². The molecule has 0 aliphatic carbocycles. The zero-order chi connectivity index (χ0) is 30.6. The molecule has 0 bridgehead atoms. The van der Waals surface area contributed by atoms with Gasteiger partial charge >= 0.3 is 18.1 Å². The summed E-state index contributed by atoms with van der Waals surface area (Å²) in [5.41, 5.74) is -3.15. The normalized spacial score (nSPS) is 30.6. The number of aromatic nitrogens is 4. The van der Waals surface area contributed by atoms with Crippen molar-refractivity contribution in [3.05, 3.63) is 66.2 Å². The first-order chi connectivity index (χ1) is 20.0. The number of halogens is 1. The quantitative estimate of drug-likeness (QED) is 0.148. The molecule has 17 nitrogen and oxygen atoms in total. The minimum atomic E-state index is -3.98. The second-order valence-corrected chi connectivity index (χ2v) is 12.0. The number of alkyl halides is 1. The fourth-order valence-electron chi connectivity index (χ4n) is 4.40. The maximum atomic E-state index is 15.6. The average molecular weight is 636 g/mol. The molecule has 0 amide bonds. The van der Waals surface area contributed by atoms with E-state index in [4.69, 9.17) is 44.9 Å². The summed E-state index contributed by atoms with van der Waals surface area (Å²) in [4.78, 5) is 51.4. The highest BCUT2D eigenvalue weighted by Crippen LogP contribution is 2.54. The first kappa shape index (κ1) is 32.0. The van der Waals surface area contributed by atoms with Crippen LogP contribution in [0.2, 0.25) is 0 Å². The number of hydrogen-bond acceptors (Lipinski definition) is 14. The Bertz CT molecular complexity index is 1570. The van der Waals surface area contributed by atoms with Crippen LogP contribution in [0.15, 0.2) is 43.7 Å². The smallest absolute Gasteiger partial charge is 0.330 e. The van der Waals surface area contributed by atoms with Gasteiger partial charge in [0.2, 0.25) is 0 Å². The number of aliphatic hydroxyl groups is 2. The molecule has 4 unspecified atom stereocenters. The molecule has 0 aromatic carbocycles. The van der Waals surface area contributed by atoms with Crippen LogP contribution < -0.4 is 22.5 Å². The van der Waals surface area contributed by atoms with Crippen molar-refractivity contribution >= 4 is 18.5 Å². The molecule has 0 saturated carbocycles. The van der Waals surface area contributed by atoms with Gasteiger partial charge in [0.05, 0.1) is 32.3 Å². The monoisotopic (exact) mass is 635 g/mol. The Hall–Kier alpha value is -2.89. The van der Waals surface area contributed by atoms with Gasteiger partial charge in [0.25, 0.3) is 11.1 Å². The van der Waals surface area contributed by atoms with Crippen LogP contribution in [-0.2, 0) is 39.6 Å². The number of nitriles is 1. The molecule has 2 aliphatic rings. The van der Waals surface area contributed by atoms with E-state index in [2.05, 4.69) is 4.98 Å². The fourth-order valence-corrected chi connectivity index (χ4v) is 6.49. The number of nitrogens with zero attached hydrogens (tertiary/aromatic N) is 3. The van der Waals surface area contributed by atoms with Gasteiger partial charge in [0.15, 0.2) is 18.6 Å². The van der Waals surface area contributed by atoms with Gasteiger partial charge in [-0.25, -0.2) is 14.0 Å². The summed E-state index contributed by atoms with van der Waals surface area (Å²) >= 11 is 5.44. The first-order valence-electron chi connectivity index (χ1n) is 12.4. The maximum absolute atomic E-state index is 15.6. The van der Waals surface area contributed by atoms with Crippen LogP contribution in [0.4, 0.5) is 4.39 Å². The second-order valence-electron chi connectivity index (χ2n) is 9.04. The molecule has 2 aliphatic heterocycles. The third kappa shape index (κ3) is 6.84. The van der Waals surface area contributed by atoms with E-state index in [-0.39, 0.29) is 13.0 Å². The molecule has 0 radical (unpaired) electrons. The van der Waals surface area contributed by atoms with Gasteiger partial charge in [0.1, 0.15) is 30.5 Å². The predicted octanol–water partition coefficient (Wildman–Crippen LogP) is -1.86. The largest absolute Gasteiger partial charge is 0.394 e. The summed E-state index contributed by atoms with van der Waals surface area (Å²) in [7, 11) is 1.27. The van der Waals surface area contributed by atoms with Crippen molar-refractivity contribution in [1.82, 2.24) is 19.1 Å². The van der Waals surface area contributed by atoms with Crippen molar-refractivity contribution in [1.29, 1.82) is 5.26 Å². The summed E-state index contributed by atoms with van der Waals surface area (Å²) in [5, 5.41) is 29.6. The third-order valence-electron chi connectivity index (χ3n) is 6.39. The molecule has 9 atom stereocenters. The Labute approximate surface area is 240 Å². The average Bonchev–Trinajstić information content (AvgIpc) is 3.43. The Morgan fingerprint density at radius 2 is 1.64 bits per heavy atom. The minimum absolute atomic E-state index is 0.143. The zero-order valence-electron chi connectivity index (χ0n) is 21.8. The van der Waals surface area contributed by atoms with E-state index < -0.39 is 91.6 Å². The highest BCUT2D eigenvalue weighted by molar-refractivity contribution is 8.07. The summed E-state index contributed by atoms with van der Waals surface area (Å²) in [6.07, 6.45) is -9.51. The Balaban J connectivity index is 1.53. The summed E-state index contributed by atoms with van der Waals surface area (Å²) in [5.74, 6) is 0. The topological polar surface area (TPSA) is 229 Å². The molecular weight excluding hydrogens is 608 g/mol. The number of ether oxygens (including phenoxy) is 3. The van der Waals surface area contributed by atoms with E-state index in [0.29, 0.717) is 0 Å². The number of methoxy groups -OCH3 is 1. The lowest BCUT2D eigenvalue weighted by Crippen LogP contribution is -2.39. The molecular formula is C22H27FN5O12PS. The Kier molecular flexibility index (Phi) is 10.4. The maximum Gasteiger partial charge on any atom is 0.330 e. The fraction of sp³-hybridized carbons (Fsp3) is 0.591. The standard InChI is InChI=1S/C22H27FN5O12PS/c1-35-18-16(32)12(39-20(18)28-7-4-14(31)26-22(28)34)10-37-41(42,36-8-2-5-24)40-17-11(9-29)38-19(15(17)23)27-6-3-13(30)25-21(27)33/h3-4,6-7,11-12,15-20,29,32H,2,8-10H2,1H3,(H,25,30,33)(H,26,31,34)/t11-,12-,15?,16+,17?,18?,19-,20-,41?/m1/s1. The number of H-pyrrole nitrogens is 2. The van der Waals surface area contributed by atoms with Crippen molar-refractivity contribution < 1.29 is 42.4 Å². The number of hydrogen-bond donors (Lipinski definition) is 4. The van der Waals surface area contributed by atoms with Crippen LogP contribution in [0.5, 0.6) is 0 Å². The molecule has 20 heteroatoms. The summed E-state index contributed by atoms with van der Waals surface area (Å²) in [6.45, 7) is -5.54. The van der Waals surface area contributed by atoms with Crippen LogP contribution >= 0.6 is 6.72 Å². The lowest BCUT2D eigenvalue weighted by Gasteiger charge is -2.28. The van der Waals surface area contributed by atoms with Crippen molar-refractivity contribution in [3.63, 3.8) is 0 Å². The number of aromatic amines is 2. The van der Waals surface area contributed by atoms with Gasteiger partial charge in [0, 0.05) is 31.6 Å². The lowest BCUT2D eigenvalue weighted by atomic mass is 10.1. The molecule has 4 rings (SSSR count). The molecule has 2 aromatic heterocycles. The van der Waals surface area contributed by atoms with E-state index in [9.17, 15) is 29.4 Å². The molecule has 2 aromatic rings. The van der Waals surface area contributed by atoms with E-state index in [1.807, 2.05) is 11.1 Å². The molecule has 2 fully saturated rings. The molecule has 230 valence electrons. The van der Waals surface area contributed by atoms with Gasteiger partial charge in [-0.15, -0.1) is 0 Å². The third-order valence-corrected chi connectivity index (χ3v) is 8.75. The van der Waals surface area contributed by atoms with Crippen molar-refractivity contribution in [3.8, 4) is 6.07 Å². The molecule has 4 N–H and O–H groups in total. The molecule has 4 heterocycles. The van der Waals surface area contributed by atoms with Crippen LogP contribution in [0.1, 0.15) is 18.9 Å².